The van der Waals surface area contributed by atoms with Gasteiger partial charge in [0.2, 0.25) is 100 Å². The van der Waals surface area contributed by atoms with Gasteiger partial charge in [-0.15, -0.1) is 0 Å². The van der Waals surface area contributed by atoms with Crippen LogP contribution in [0, 0.1) is 11.7 Å². The van der Waals surface area contributed by atoms with Crippen LogP contribution in [0.25, 0.3) is 10.9 Å². The molecule has 2 aromatic carbocycles. The minimum Gasteiger partial charge on any atom is -0.481 e. The largest absolute Gasteiger partial charge is 0.481 e. The Kier molecular flexibility index (Phi) is 37.0. The molecule has 39 nitrogen and oxygen atoms in total. The molecule has 0 saturated carbocycles. The number of amides is 17. The molecule has 4 aliphatic rings. The second-order valence-corrected chi connectivity index (χ2v) is 32.4. The fraction of sp³-hybridized carbons (Fsp3) is 0.533. The standard InChI is InChI=1S/C75H101FN18O21S3/c1-40(2)28-51-70(110)85-50(19-21-63(101)102)69(109)89-54(31-64(103)104)73(113)91-57-36-118-27-24-62(100)94-38-92-37-93(39-94)61(99)23-26-117-35-56(81-41(3)95)74(114)86-49(18-20-58(77)96)68(108)84-48(67(107)87-51)13-7-5-4-6-12-47(83-72(112)53(88-75(57)115)30-43-32-79-46-11-9-8-10-45(43)46)66(106)80-33-59(97)82-52(29-42-14-16-44(76)17-15-42)71(111)90-55(65(78)105)34-116-25-22-60(92)98/h4-5,8-11,14-17,32,40,47-57,79H,6-7,12-13,18-31,33-39H2,1-3H3,(H2,77,96)(H2,78,105)(H,80,106)(H,81,95)(H,82,97)(H,83,112)(H,84,108)(H,85,110)(H,86,114)(H,87,107)(H,88,115)(H,89,109)(H,90,111)(H,91,113)(H,101,102)(H,103,104)/b5-4+/t47-,48-,49-,50-,51-,52-,53-,54-,55-,56-,57-/m0/s1. The number of hydrogen-bond donors (Lipinski definition) is 17. The number of nitrogens with zero attached hydrogens (tertiary/aromatic N) is 3. The molecule has 0 unspecified atom stereocenters. The van der Waals surface area contributed by atoms with Gasteiger partial charge in [-0.25, -0.2) is 4.39 Å². The van der Waals surface area contributed by atoms with Crippen LogP contribution >= 0.6 is 35.3 Å². The van der Waals surface area contributed by atoms with Crippen LogP contribution in [0.15, 0.2) is 66.9 Å². The van der Waals surface area contributed by atoms with Crippen molar-refractivity contribution in [2.24, 2.45) is 17.4 Å². The summed E-state index contributed by atoms with van der Waals surface area (Å²) in [5.74, 6) is -22.6. The molecule has 43 heteroatoms. The van der Waals surface area contributed by atoms with E-state index in [1.54, 1.807) is 38.1 Å². The van der Waals surface area contributed by atoms with Crippen molar-refractivity contribution in [1.82, 2.24) is 83.5 Å². The Hall–Kier alpha value is -11.4. The average Bonchev–Trinajstić information content (AvgIpc) is 1.60. The number of thioether (sulfide) groups is 3. The number of halogens is 1. The molecule has 11 atom stereocenters. The SMILES string of the molecule is CC(=O)N[C@H]1CSCCC(=O)N2CN3CN(C2)C(=O)CCSC[C@@H]2NC(=O)[C@H](CC(=O)O)NC(=O)[C@H](CCC(=O)O)NC(=O)[C@H](CC(C)C)NC(=O)[C@H](CC/C=C/CC[C@H](NC(=O)[C@H](Cc4c[nH]c5ccccc45)NC2=O)C(=O)NCC(=O)N[C@@H](Cc2ccc(F)cc2)C(=O)N[C@H](C(N)=O)CSCCC3=O)NC(=O)[C@H](CCC(N)=O)NC1=O. The van der Waals surface area contributed by atoms with E-state index in [-0.39, 0.29) is 86.6 Å². The molecule has 6 bridgehead atoms. The van der Waals surface area contributed by atoms with Gasteiger partial charge < -0.3 is 105 Å². The number of hydrogen-bond acceptors (Lipinski definition) is 22. The number of carbonyl (C=O) groups is 19. The van der Waals surface area contributed by atoms with Crippen molar-refractivity contribution in [2.75, 3.05) is 61.1 Å². The summed E-state index contributed by atoms with van der Waals surface area (Å²) in [6.07, 6.45) is -2.29. The van der Waals surface area contributed by atoms with Gasteiger partial charge in [0.05, 0.1) is 33.0 Å². The number of aliphatic carboxylic acids is 2. The van der Waals surface area contributed by atoms with Crippen molar-refractivity contribution in [3.63, 3.8) is 0 Å². The normalized spacial score (nSPS) is 25.2. The van der Waals surface area contributed by atoms with Crippen LogP contribution < -0.4 is 75.3 Å². The first-order valence-corrected chi connectivity index (χ1v) is 41.7. The van der Waals surface area contributed by atoms with E-state index in [9.17, 15) is 96.1 Å². The predicted octanol–water partition coefficient (Wildman–Crippen LogP) is -3.40. The van der Waals surface area contributed by atoms with Gasteiger partial charge in [-0.05, 0) is 80.2 Å². The third kappa shape index (κ3) is 30.6. The molecular formula is C75H101FN18O21S3. The van der Waals surface area contributed by atoms with E-state index in [1.807, 2.05) is 0 Å². The quantitative estimate of drug-likeness (QED) is 0.0491. The number of para-hydroxylation sites is 1. The van der Waals surface area contributed by atoms with Gasteiger partial charge in [0.25, 0.3) is 0 Å². The molecular weight excluding hydrogens is 1600 g/mol. The summed E-state index contributed by atoms with van der Waals surface area (Å²) in [5.41, 5.74) is 12.7. The van der Waals surface area contributed by atoms with Crippen LogP contribution in [0.5, 0.6) is 0 Å². The van der Waals surface area contributed by atoms with Crippen LogP contribution in [0.3, 0.4) is 0 Å². The Morgan fingerprint density at radius 3 is 1.58 bits per heavy atom. The van der Waals surface area contributed by atoms with E-state index in [0.717, 1.165) is 54.3 Å². The Labute approximate surface area is 690 Å². The lowest BCUT2D eigenvalue weighted by Gasteiger charge is -2.42. The first-order valence-electron chi connectivity index (χ1n) is 38.2. The van der Waals surface area contributed by atoms with Crippen molar-refractivity contribution in [3.05, 3.63) is 83.8 Å². The Bertz CT molecular complexity index is 4230. The highest BCUT2D eigenvalue weighted by atomic mass is 32.2. The zero-order valence-corrected chi connectivity index (χ0v) is 67.7. The monoisotopic (exact) mass is 1700 g/mol. The number of carboxylic acid groups (broad SMARTS) is 2. The molecule has 0 radical (unpaired) electrons. The molecule has 642 valence electrons. The molecule has 3 aromatic rings. The topological polar surface area (TPSA) is 587 Å². The summed E-state index contributed by atoms with van der Waals surface area (Å²) < 4.78 is 14.3. The molecule has 0 aliphatic carbocycles. The lowest BCUT2D eigenvalue weighted by molar-refractivity contribution is -0.158. The van der Waals surface area contributed by atoms with Crippen LogP contribution in [-0.2, 0) is 104 Å². The van der Waals surface area contributed by atoms with E-state index in [4.69, 9.17) is 11.5 Å². The number of allylic oxidation sites excluding steroid dienone is 2. The summed E-state index contributed by atoms with van der Waals surface area (Å²) in [4.78, 5) is 276. The van der Waals surface area contributed by atoms with Crippen LogP contribution in [0.2, 0.25) is 0 Å². The van der Waals surface area contributed by atoms with Crippen molar-refractivity contribution < 1.29 is 106 Å². The number of carboxylic acids is 2. The smallest absolute Gasteiger partial charge is 0.305 e. The number of fused-ring (bicyclic) bond motifs is 23. The number of nitrogens with two attached hydrogens (primary N) is 2. The number of aromatic nitrogens is 1. The van der Waals surface area contributed by atoms with Gasteiger partial charge in [-0.1, -0.05) is 56.3 Å². The highest BCUT2D eigenvalue weighted by Gasteiger charge is 2.39. The molecule has 19 N–H and O–H groups in total. The zero-order valence-electron chi connectivity index (χ0n) is 65.2. The Morgan fingerprint density at radius 2 is 1.01 bits per heavy atom. The second-order valence-electron chi connectivity index (χ2n) is 28.9. The first kappa shape index (κ1) is 93.8. The molecule has 118 heavy (non-hydrogen) atoms. The number of H-pyrrole nitrogens is 1. The van der Waals surface area contributed by atoms with Gasteiger partial charge in [-0.2, -0.15) is 35.3 Å². The van der Waals surface area contributed by atoms with Crippen molar-refractivity contribution in [3.8, 4) is 0 Å². The van der Waals surface area contributed by atoms with Gasteiger partial charge in [0, 0.05) is 103 Å². The Balaban J connectivity index is 1.43. The maximum Gasteiger partial charge on any atom is 0.305 e. The number of benzene rings is 2. The van der Waals surface area contributed by atoms with E-state index in [2.05, 4.69) is 68.8 Å². The first-order chi connectivity index (χ1) is 56.1. The van der Waals surface area contributed by atoms with Gasteiger partial charge >= 0.3 is 11.9 Å². The Morgan fingerprint density at radius 1 is 0.525 bits per heavy atom. The van der Waals surface area contributed by atoms with Crippen molar-refractivity contribution >= 4 is 159 Å². The van der Waals surface area contributed by atoms with Gasteiger partial charge in [0.1, 0.15) is 72.3 Å². The summed E-state index contributed by atoms with van der Waals surface area (Å²) in [6.45, 7) is 2.25. The number of carbonyl (C=O) groups excluding carboxylic acids is 17. The van der Waals surface area contributed by atoms with Gasteiger partial charge in [0.15, 0.2) is 0 Å². The van der Waals surface area contributed by atoms with Crippen molar-refractivity contribution in [1.29, 1.82) is 0 Å². The van der Waals surface area contributed by atoms with E-state index >= 15 is 9.59 Å². The maximum absolute atomic E-state index is 15.4. The molecule has 3 fully saturated rings. The minimum absolute atomic E-state index is 0.0580. The summed E-state index contributed by atoms with van der Waals surface area (Å²) in [5, 5.41) is 50.9. The third-order valence-electron chi connectivity index (χ3n) is 19.1. The fourth-order valence-corrected chi connectivity index (χ4v) is 15.7. The van der Waals surface area contributed by atoms with Gasteiger partial charge in [-0.3, -0.25) is 91.1 Å². The fourth-order valence-electron chi connectivity index (χ4n) is 12.8. The number of primary amides is 2. The lowest BCUT2D eigenvalue weighted by Crippen LogP contribution is -2.61. The summed E-state index contributed by atoms with van der Waals surface area (Å²) in [6, 6.07) is -7.26. The van der Waals surface area contributed by atoms with Crippen LogP contribution in [-0.4, -0.2) is 270 Å². The summed E-state index contributed by atoms with van der Waals surface area (Å²) in [7, 11) is 0. The number of rotatable bonds is 16. The van der Waals surface area contributed by atoms with Crippen LogP contribution in [0.1, 0.15) is 115 Å². The molecule has 1 aromatic heterocycles. The van der Waals surface area contributed by atoms with E-state index in [1.165, 1.54) is 45.2 Å². The molecule has 0 spiro atoms. The maximum atomic E-state index is 15.4. The highest BCUT2D eigenvalue weighted by molar-refractivity contribution is 7.99. The molecule has 17 amide bonds. The van der Waals surface area contributed by atoms with E-state index in [0.29, 0.717) is 22.0 Å². The van der Waals surface area contributed by atoms with Crippen LogP contribution in [0.4, 0.5) is 4.39 Å². The zero-order chi connectivity index (χ0) is 86.3. The van der Waals surface area contributed by atoms with Crippen molar-refractivity contribution in [2.45, 2.75) is 184 Å². The number of nitrogens with one attached hydrogen (secondary N) is 13. The molecule has 3 saturated heterocycles. The predicted molar refractivity (Wildman–Crippen MR) is 427 cm³/mol. The second kappa shape index (κ2) is 46.5. The van der Waals surface area contributed by atoms with E-state index < -0.39 is 261 Å². The molecule has 7 rings (SSSR count). The number of aromatic amines is 1. The average molecular weight is 1710 g/mol. The lowest BCUT2D eigenvalue weighted by atomic mass is 10.0. The third-order valence-corrected chi connectivity index (χ3v) is 22.3. The molecule has 5 heterocycles. The highest BCUT2D eigenvalue weighted by Crippen LogP contribution is 2.23. The minimum atomic E-state index is -2.17. The summed E-state index contributed by atoms with van der Waals surface area (Å²) >= 11 is 2.84. The molecule has 4 aliphatic heterocycles.